The van der Waals surface area contributed by atoms with E-state index in [1.54, 1.807) is 0 Å². The maximum absolute atomic E-state index is 13.4. The molecule has 150 valence electrons. The molecule has 3 heterocycles. The molecule has 0 saturated heterocycles. The lowest BCUT2D eigenvalue weighted by molar-refractivity contribution is -0.136. The normalized spacial score (nSPS) is 12.1. The monoisotopic (exact) mass is 419 g/mol. The number of hydrogen-bond acceptors (Lipinski definition) is 5. The molecule has 6 nitrogen and oxygen atoms in total. The molecule has 29 heavy (non-hydrogen) atoms. The van der Waals surface area contributed by atoms with Gasteiger partial charge in [0.25, 0.3) is 0 Å². The van der Waals surface area contributed by atoms with E-state index in [2.05, 4.69) is 20.4 Å². The van der Waals surface area contributed by atoms with E-state index in [1.807, 2.05) is 25.1 Å². The van der Waals surface area contributed by atoms with Crippen molar-refractivity contribution in [2.24, 2.45) is 0 Å². The van der Waals surface area contributed by atoms with E-state index in [4.69, 9.17) is 0 Å². The van der Waals surface area contributed by atoms with Crippen molar-refractivity contribution in [3.05, 3.63) is 46.8 Å². The number of rotatable bonds is 3. The van der Waals surface area contributed by atoms with Crippen LogP contribution in [0.4, 0.5) is 18.3 Å². The molecule has 1 N–H and O–H groups in total. The van der Waals surface area contributed by atoms with Gasteiger partial charge >= 0.3 is 6.18 Å². The molecule has 1 amide bonds. The summed E-state index contributed by atoms with van der Waals surface area (Å²) >= 11 is 1.33. The molecule has 0 unspecified atom stereocenters. The van der Waals surface area contributed by atoms with Gasteiger partial charge in [-0.2, -0.15) is 18.3 Å². The van der Waals surface area contributed by atoms with Crippen LogP contribution < -0.4 is 5.32 Å². The molecule has 0 aliphatic carbocycles. The Labute approximate surface area is 167 Å². The molecular formula is C19H16F3N5OS. The number of aryl methyl sites for hydroxylation is 3. The number of amides is 1. The van der Waals surface area contributed by atoms with Crippen LogP contribution in [0.2, 0.25) is 0 Å². The Morgan fingerprint density at radius 1 is 1.21 bits per heavy atom. The minimum atomic E-state index is -4.54. The van der Waals surface area contributed by atoms with Crippen LogP contribution in [0.25, 0.3) is 21.3 Å². The second-order valence-corrected chi connectivity index (χ2v) is 7.77. The first kappa shape index (κ1) is 19.3. The van der Waals surface area contributed by atoms with Crippen molar-refractivity contribution < 1.29 is 18.0 Å². The summed E-state index contributed by atoms with van der Waals surface area (Å²) in [5.41, 5.74) is 1.40. The fraction of sp³-hybridized carbons (Fsp3) is 0.263. The lowest BCUT2D eigenvalue weighted by Gasteiger charge is -2.10. The van der Waals surface area contributed by atoms with Gasteiger partial charge in [-0.15, -0.1) is 0 Å². The number of carbonyl (C=O) groups excluding carboxylic acids is 1. The van der Waals surface area contributed by atoms with Crippen LogP contribution in [0.3, 0.4) is 0 Å². The molecule has 4 rings (SSSR count). The minimum Gasteiger partial charge on any atom is -0.300 e. The number of fused-ring (bicyclic) bond motifs is 2. The number of benzene rings is 1. The number of nitrogens with zero attached hydrogens (tertiary/aromatic N) is 4. The summed E-state index contributed by atoms with van der Waals surface area (Å²) in [5, 5.41) is 7.15. The van der Waals surface area contributed by atoms with Crippen molar-refractivity contribution in [1.82, 2.24) is 19.7 Å². The first-order valence-corrected chi connectivity index (χ1v) is 9.53. The van der Waals surface area contributed by atoms with E-state index in [0.29, 0.717) is 5.13 Å². The number of para-hydroxylation sites is 1. The Morgan fingerprint density at radius 3 is 2.66 bits per heavy atom. The molecule has 1 aromatic carbocycles. The number of anilines is 1. The Morgan fingerprint density at radius 2 is 1.97 bits per heavy atom. The number of hydrogen-bond donors (Lipinski definition) is 1. The Bertz CT molecular complexity index is 1260. The molecule has 4 aromatic rings. The van der Waals surface area contributed by atoms with E-state index in [-0.39, 0.29) is 29.0 Å². The Hall–Kier alpha value is -3.01. The van der Waals surface area contributed by atoms with Gasteiger partial charge in [0, 0.05) is 5.69 Å². The van der Waals surface area contributed by atoms with Gasteiger partial charge in [0.2, 0.25) is 5.91 Å². The van der Waals surface area contributed by atoms with E-state index in [1.165, 1.54) is 29.9 Å². The molecule has 3 aromatic heterocycles. The highest BCUT2D eigenvalue weighted by Crippen LogP contribution is 2.36. The highest BCUT2D eigenvalue weighted by molar-refractivity contribution is 7.22. The molecule has 10 heteroatoms. The number of aromatic nitrogens is 4. The van der Waals surface area contributed by atoms with Crippen LogP contribution in [0, 0.1) is 20.8 Å². The van der Waals surface area contributed by atoms with Crippen LogP contribution in [0.5, 0.6) is 0 Å². The Kier molecular flexibility index (Phi) is 4.53. The molecule has 0 radical (unpaired) electrons. The Balaban J connectivity index is 1.66. The number of alkyl halides is 3. The predicted octanol–water partition coefficient (Wildman–Crippen LogP) is 4.62. The maximum Gasteiger partial charge on any atom is 0.417 e. The van der Waals surface area contributed by atoms with Gasteiger partial charge in [-0.05, 0) is 38.5 Å². The molecule has 0 spiro atoms. The van der Waals surface area contributed by atoms with Crippen molar-refractivity contribution in [2.45, 2.75) is 33.5 Å². The van der Waals surface area contributed by atoms with Crippen LogP contribution >= 0.6 is 11.3 Å². The lowest BCUT2D eigenvalue weighted by atomic mass is 10.1. The van der Waals surface area contributed by atoms with Crippen molar-refractivity contribution >= 4 is 43.6 Å². The van der Waals surface area contributed by atoms with Crippen LogP contribution in [-0.2, 0) is 17.5 Å². The van der Waals surface area contributed by atoms with Crippen molar-refractivity contribution in [1.29, 1.82) is 0 Å². The molecule has 0 fully saturated rings. The number of thiazole rings is 1. The summed E-state index contributed by atoms with van der Waals surface area (Å²) in [4.78, 5) is 21.1. The topological polar surface area (TPSA) is 72.7 Å². The summed E-state index contributed by atoms with van der Waals surface area (Å²) in [6.45, 7) is 4.61. The van der Waals surface area contributed by atoms with Crippen molar-refractivity contribution in [3.63, 3.8) is 0 Å². The molecule has 0 aliphatic rings. The second kappa shape index (κ2) is 6.80. The van der Waals surface area contributed by atoms with E-state index < -0.39 is 17.6 Å². The van der Waals surface area contributed by atoms with Gasteiger partial charge in [0.05, 0.1) is 26.9 Å². The van der Waals surface area contributed by atoms with Crippen LogP contribution in [0.15, 0.2) is 24.3 Å². The van der Waals surface area contributed by atoms with Gasteiger partial charge in [-0.25, -0.2) is 14.6 Å². The number of halogens is 3. The molecule has 0 bridgehead atoms. The van der Waals surface area contributed by atoms with Crippen LogP contribution in [0.1, 0.15) is 22.5 Å². The van der Waals surface area contributed by atoms with Crippen molar-refractivity contribution in [2.75, 3.05) is 5.32 Å². The zero-order valence-corrected chi connectivity index (χ0v) is 16.6. The van der Waals surface area contributed by atoms with Crippen LogP contribution in [-0.4, -0.2) is 25.7 Å². The van der Waals surface area contributed by atoms with E-state index >= 15 is 0 Å². The van der Waals surface area contributed by atoms with Gasteiger partial charge < -0.3 is 5.32 Å². The summed E-state index contributed by atoms with van der Waals surface area (Å²) in [6, 6.07) is 6.74. The highest BCUT2D eigenvalue weighted by atomic mass is 32.1. The average molecular weight is 419 g/mol. The number of nitrogens with one attached hydrogen (secondary N) is 1. The summed E-state index contributed by atoms with van der Waals surface area (Å²) in [7, 11) is 0. The van der Waals surface area contributed by atoms with E-state index in [9.17, 15) is 18.0 Å². The zero-order chi connectivity index (χ0) is 20.9. The zero-order valence-electron chi connectivity index (χ0n) is 15.8. The number of pyridine rings is 1. The second-order valence-electron chi connectivity index (χ2n) is 6.74. The largest absolute Gasteiger partial charge is 0.417 e. The summed E-state index contributed by atoms with van der Waals surface area (Å²) in [6.07, 6.45) is -4.54. The summed E-state index contributed by atoms with van der Waals surface area (Å²) in [5.74, 6) is -0.442. The third-order valence-corrected chi connectivity index (χ3v) is 5.41. The third kappa shape index (κ3) is 3.55. The smallest absolute Gasteiger partial charge is 0.300 e. The van der Waals surface area contributed by atoms with E-state index in [0.717, 1.165) is 21.8 Å². The average Bonchev–Trinajstić information content (AvgIpc) is 3.15. The molecule has 0 saturated carbocycles. The number of carbonyl (C=O) groups is 1. The first-order chi connectivity index (χ1) is 13.6. The standard InChI is InChI=1S/C19H16F3N5OS/c1-9-5-4-6-13-16(9)25-18(29-13)24-14(28)8-27-17-15(11(3)26-27)12(19(20,21)22)7-10(2)23-17/h4-7H,8H2,1-3H3,(H,24,25,28). The molecule has 0 aliphatic heterocycles. The highest BCUT2D eigenvalue weighted by Gasteiger charge is 2.35. The maximum atomic E-state index is 13.4. The first-order valence-electron chi connectivity index (χ1n) is 8.71. The lowest BCUT2D eigenvalue weighted by Crippen LogP contribution is -2.20. The predicted molar refractivity (Wildman–Crippen MR) is 105 cm³/mol. The third-order valence-electron chi connectivity index (χ3n) is 4.47. The minimum absolute atomic E-state index is 0.0325. The molecular weight excluding hydrogens is 403 g/mol. The SMILES string of the molecule is Cc1cc(C(F)(F)F)c2c(C)nn(CC(=O)Nc3nc4c(C)cccc4s3)c2n1. The van der Waals surface area contributed by atoms with Gasteiger partial charge in [0.15, 0.2) is 10.8 Å². The van der Waals surface area contributed by atoms with Crippen molar-refractivity contribution in [3.8, 4) is 0 Å². The fourth-order valence-electron chi connectivity index (χ4n) is 3.25. The fourth-order valence-corrected chi connectivity index (χ4v) is 4.21. The van der Waals surface area contributed by atoms with Gasteiger partial charge in [-0.1, -0.05) is 23.5 Å². The van der Waals surface area contributed by atoms with Gasteiger partial charge in [-0.3, -0.25) is 4.79 Å². The quantitative estimate of drug-likeness (QED) is 0.526. The summed E-state index contributed by atoms with van der Waals surface area (Å²) < 4.78 is 42.4. The van der Waals surface area contributed by atoms with Gasteiger partial charge in [0.1, 0.15) is 6.54 Å². The molecule has 0 atom stereocenters.